The van der Waals surface area contributed by atoms with Crippen molar-refractivity contribution in [1.29, 1.82) is 0 Å². The van der Waals surface area contributed by atoms with E-state index < -0.39 is 0 Å². The first-order chi connectivity index (χ1) is 10.0. The van der Waals surface area contributed by atoms with Crippen LogP contribution in [0.4, 0.5) is 0 Å². The lowest BCUT2D eigenvalue weighted by Crippen LogP contribution is -2.40. The van der Waals surface area contributed by atoms with E-state index in [0.29, 0.717) is 32.7 Å². The summed E-state index contributed by atoms with van der Waals surface area (Å²) in [7, 11) is 0. The van der Waals surface area contributed by atoms with E-state index in [-0.39, 0.29) is 11.3 Å². The zero-order valence-electron chi connectivity index (χ0n) is 13.7. The number of carbonyl (C=O) groups is 1. The molecule has 2 unspecified atom stereocenters. The van der Waals surface area contributed by atoms with Crippen molar-refractivity contribution in [2.75, 3.05) is 26.3 Å². The van der Waals surface area contributed by atoms with Crippen molar-refractivity contribution in [3.63, 3.8) is 0 Å². The summed E-state index contributed by atoms with van der Waals surface area (Å²) in [5.74, 6) is 2.75. The van der Waals surface area contributed by atoms with Crippen LogP contribution in [0, 0.1) is 23.2 Å². The minimum Gasteiger partial charge on any atom is -0.378 e. The van der Waals surface area contributed by atoms with Crippen molar-refractivity contribution in [3.05, 3.63) is 0 Å². The van der Waals surface area contributed by atoms with E-state index in [1.807, 2.05) is 0 Å². The maximum absolute atomic E-state index is 12.1. The molecule has 0 spiro atoms. The summed E-state index contributed by atoms with van der Waals surface area (Å²) in [6.45, 7) is 6.95. The molecule has 0 aromatic carbocycles. The molecular formula is C17H32N2O2. The van der Waals surface area contributed by atoms with E-state index in [2.05, 4.69) is 19.2 Å². The molecule has 0 heterocycles. The molecule has 4 heteroatoms. The highest BCUT2D eigenvalue weighted by Crippen LogP contribution is 2.51. The lowest BCUT2D eigenvalue weighted by molar-refractivity contribution is -0.125. The van der Waals surface area contributed by atoms with Crippen LogP contribution in [0.25, 0.3) is 0 Å². The maximum Gasteiger partial charge on any atom is 0.220 e. The molecule has 0 aromatic rings. The number of hydrogen-bond acceptors (Lipinski definition) is 3. The highest BCUT2D eigenvalue weighted by molar-refractivity contribution is 5.76. The smallest absolute Gasteiger partial charge is 0.220 e. The fourth-order valence-corrected chi connectivity index (χ4v) is 4.75. The fraction of sp³-hybridized carbons (Fsp3) is 0.941. The van der Waals surface area contributed by atoms with Crippen LogP contribution in [0.1, 0.15) is 52.4 Å². The van der Waals surface area contributed by atoms with Gasteiger partial charge in [-0.2, -0.15) is 0 Å². The Kier molecular flexibility index (Phi) is 6.06. The normalized spacial score (nSPS) is 35.5. The second kappa shape index (κ2) is 7.59. The predicted molar refractivity (Wildman–Crippen MR) is 84.8 cm³/mol. The van der Waals surface area contributed by atoms with Gasteiger partial charge in [0.05, 0.1) is 13.2 Å². The fourth-order valence-electron chi connectivity index (χ4n) is 4.75. The number of carbonyl (C=O) groups excluding carboxylic acids is 1. The third-order valence-corrected chi connectivity index (χ3v) is 5.12. The number of fused-ring (bicyclic) bond motifs is 2. The van der Waals surface area contributed by atoms with Crippen LogP contribution < -0.4 is 11.1 Å². The van der Waals surface area contributed by atoms with Gasteiger partial charge in [-0.15, -0.1) is 0 Å². The quantitative estimate of drug-likeness (QED) is 0.709. The van der Waals surface area contributed by atoms with Crippen LogP contribution in [-0.2, 0) is 9.53 Å². The maximum atomic E-state index is 12.1. The van der Waals surface area contributed by atoms with Crippen LogP contribution in [-0.4, -0.2) is 32.2 Å². The number of ether oxygens (including phenoxy) is 1. The molecule has 2 aliphatic rings. The molecule has 122 valence electrons. The van der Waals surface area contributed by atoms with Gasteiger partial charge in [-0.3, -0.25) is 4.79 Å². The van der Waals surface area contributed by atoms with Crippen molar-refractivity contribution >= 4 is 5.91 Å². The van der Waals surface area contributed by atoms with Gasteiger partial charge in [0, 0.05) is 19.5 Å². The SMILES string of the molecule is CC1CC2CC(C1)CC(C)(CC(=O)NCCOCCN)C2. The van der Waals surface area contributed by atoms with Gasteiger partial charge in [-0.05, 0) is 55.3 Å². The van der Waals surface area contributed by atoms with Crippen molar-refractivity contribution in [1.82, 2.24) is 5.32 Å². The van der Waals surface area contributed by atoms with Crippen molar-refractivity contribution in [3.8, 4) is 0 Å². The first-order valence-corrected chi connectivity index (χ1v) is 8.55. The Morgan fingerprint density at radius 3 is 2.52 bits per heavy atom. The number of nitrogens with one attached hydrogen (secondary N) is 1. The summed E-state index contributed by atoms with van der Waals surface area (Å²) in [5.41, 5.74) is 5.56. The van der Waals surface area contributed by atoms with Gasteiger partial charge in [0.2, 0.25) is 5.91 Å². The van der Waals surface area contributed by atoms with Crippen molar-refractivity contribution in [2.24, 2.45) is 28.9 Å². The Bertz CT molecular complexity index is 328. The van der Waals surface area contributed by atoms with E-state index in [1.54, 1.807) is 0 Å². The van der Waals surface area contributed by atoms with E-state index >= 15 is 0 Å². The lowest BCUT2D eigenvalue weighted by atomic mass is 9.58. The minimum atomic E-state index is 0.182. The Hall–Kier alpha value is -0.610. The molecule has 2 rings (SSSR count). The molecule has 2 saturated carbocycles. The van der Waals surface area contributed by atoms with Crippen LogP contribution in [0.2, 0.25) is 0 Å². The minimum absolute atomic E-state index is 0.182. The summed E-state index contributed by atoms with van der Waals surface area (Å²) in [6, 6.07) is 0. The molecule has 1 amide bonds. The molecule has 2 aliphatic carbocycles. The summed E-state index contributed by atoms with van der Waals surface area (Å²) in [5, 5.41) is 2.98. The highest BCUT2D eigenvalue weighted by atomic mass is 16.5. The summed E-state index contributed by atoms with van der Waals surface area (Å²) >= 11 is 0. The third-order valence-electron chi connectivity index (χ3n) is 5.12. The molecule has 2 bridgehead atoms. The molecule has 2 fully saturated rings. The van der Waals surface area contributed by atoms with E-state index in [0.717, 1.165) is 17.8 Å². The largest absolute Gasteiger partial charge is 0.378 e. The third kappa shape index (κ3) is 5.26. The molecule has 0 saturated heterocycles. The molecule has 4 nitrogen and oxygen atoms in total. The molecule has 3 N–H and O–H groups in total. The Morgan fingerprint density at radius 2 is 1.90 bits per heavy atom. The molecule has 0 radical (unpaired) electrons. The van der Waals surface area contributed by atoms with Crippen LogP contribution in [0.3, 0.4) is 0 Å². The predicted octanol–water partition coefficient (Wildman–Crippen LogP) is 2.32. The lowest BCUT2D eigenvalue weighted by Gasteiger charge is -2.47. The standard InChI is InChI=1S/C17H32N2O2/c1-13-7-14-9-15(8-13)11-17(2,10-14)12-16(20)19-4-6-21-5-3-18/h13-15H,3-12,18H2,1-2H3,(H,19,20). The van der Waals surface area contributed by atoms with Gasteiger partial charge in [0.15, 0.2) is 0 Å². The average Bonchev–Trinajstić information content (AvgIpc) is 2.35. The van der Waals surface area contributed by atoms with Crippen LogP contribution >= 0.6 is 0 Å². The Labute approximate surface area is 129 Å². The van der Waals surface area contributed by atoms with E-state index in [1.165, 1.54) is 32.1 Å². The van der Waals surface area contributed by atoms with Crippen LogP contribution in [0.15, 0.2) is 0 Å². The van der Waals surface area contributed by atoms with Gasteiger partial charge in [0.1, 0.15) is 0 Å². The monoisotopic (exact) mass is 296 g/mol. The van der Waals surface area contributed by atoms with E-state index in [9.17, 15) is 4.79 Å². The number of amides is 1. The zero-order valence-corrected chi connectivity index (χ0v) is 13.7. The van der Waals surface area contributed by atoms with E-state index in [4.69, 9.17) is 10.5 Å². The number of rotatable bonds is 7. The first-order valence-electron chi connectivity index (χ1n) is 8.55. The second-order valence-electron chi connectivity index (χ2n) is 7.69. The summed E-state index contributed by atoms with van der Waals surface area (Å²) < 4.78 is 5.28. The number of nitrogens with two attached hydrogens (primary N) is 1. The Morgan fingerprint density at radius 1 is 1.24 bits per heavy atom. The van der Waals surface area contributed by atoms with Gasteiger partial charge in [0.25, 0.3) is 0 Å². The summed E-state index contributed by atoms with van der Waals surface area (Å²) in [4.78, 5) is 12.1. The van der Waals surface area contributed by atoms with Crippen molar-refractivity contribution in [2.45, 2.75) is 52.4 Å². The molecule has 21 heavy (non-hydrogen) atoms. The molecular weight excluding hydrogens is 264 g/mol. The molecule has 2 atom stereocenters. The van der Waals surface area contributed by atoms with Gasteiger partial charge in [-0.25, -0.2) is 0 Å². The number of hydrogen-bond donors (Lipinski definition) is 2. The summed E-state index contributed by atoms with van der Waals surface area (Å²) in [6.07, 6.45) is 7.25. The molecule has 0 aromatic heterocycles. The van der Waals surface area contributed by atoms with Gasteiger partial charge >= 0.3 is 0 Å². The van der Waals surface area contributed by atoms with Gasteiger partial charge < -0.3 is 15.8 Å². The first kappa shape index (κ1) is 16.8. The van der Waals surface area contributed by atoms with Crippen LogP contribution in [0.5, 0.6) is 0 Å². The topological polar surface area (TPSA) is 64.3 Å². The molecule has 0 aliphatic heterocycles. The van der Waals surface area contributed by atoms with Crippen molar-refractivity contribution < 1.29 is 9.53 Å². The Balaban J connectivity index is 1.72. The second-order valence-corrected chi connectivity index (χ2v) is 7.69. The van der Waals surface area contributed by atoms with Gasteiger partial charge in [-0.1, -0.05) is 13.8 Å². The average molecular weight is 296 g/mol. The zero-order chi connectivity index (χ0) is 15.3. The highest BCUT2D eigenvalue weighted by Gasteiger charge is 2.41.